The number of aryl methyl sites for hydroxylation is 1. The van der Waals surface area contributed by atoms with E-state index < -0.39 is 9.84 Å². The predicted octanol–water partition coefficient (Wildman–Crippen LogP) is 1.64. The molecule has 1 aromatic carbocycles. The summed E-state index contributed by atoms with van der Waals surface area (Å²) in [6, 6.07) is 5.92. The number of aromatic nitrogens is 1. The van der Waals surface area contributed by atoms with E-state index in [1.165, 1.54) is 30.5 Å². The fourth-order valence-corrected chi connectivity index (χ4v) is 2.13. The number of amides is 1. The first-order chi connectivity index (χ1) is 8.88. The molecule has 0 bridgehead atoms. The summed E-state index contributed by atoms with van der Waals surface area (Å²) in [6.45, 7) is 1.63. The molecular weight excluding hydrogens is 268 g/mol. The van der Waals surface area contributed by atoms with Crippen LogP contribution in [0.25, 0.3) is 0 Å². The van der Waals surface area contributed by atoms with Crippen molar-refractivity contribution in [3.05, 3.63) is 41.8 Å². The van der Waals surface area contributed by atoms with Crippen LogP contribution in [-0.2, 0) is 9.84 Å². The number of hydrogen-bond acceptors (Lipinski definition) is 5. The first-order valence-electron chi connectivity index (χ1n) is 5.40. The van der Waals surface area contributed by atoms with Gasteiger partial charge in [-0.2, -0.15) is 0 Å². The van der Waals surface area contributed by atoms with Crippen molar-refractivity contribution in [1.29, 1.82) is 0 Å². The van der Waals surface area contributed by atoms with Gasteiger partial charge in [-0.05, 0) is 31.2 Å². The van der Waals surface area contributed by atoms with E-state index in [-0.39, 0.29) is 10.8 Å². The monoisotopic (exact) mass is 280 g/mol. The third-order valence-corrected chi connectivity index (χ3v) is 3.66. The standard InChI is InChI=1S/C12H12N2O4S/c1-8-11(7-13-18-8)12(15)14-9-3-5-10(6-4-9)19(2,16)17/h3-7H,1-2H3,(H,14,15). The summed E-state index contributed by atoms with van der Waals surface area (Å²) < 4.78 is 27.4. The van der Waals surface area contributed by atoms with Gasteiger partial charge in [-0.15, -0.1) is 0 Å². The van der Waals surface area contributed by atoms with Crippen LogP contribution in [0.2, 0.25) is 0 Å². The Morgan fingerprint density at radius 2 is 1.89 bits per heavy atom. The van der Waals surface area contributed by atoms with E-state index in [1.807, 2.05) is 0 Å². The largest absolute Gasteiger partial charge is 0.361 e. The number of hydrogen-bond donors (Lipinski definition) is 1. The summed E-state index contributed by atoms with van der Waals surface area (Å²) in [7, 11) is -3.24. The van der Waals surface area contributed by atoms with E-state index in [4.69, 9.17) is 4.52 Å². The van der Waals surface area contributed by atoms with Crippen LogP contribution >= 0.6 is 0 Å². The summed E-state index contributed by atoms with van der Waals surface area (Å²) in [5, 5.41) is 6.15. The molecule has 1 amide bonds. The lowest BCUT2D eigenvalue weighted by molar-refractivity contribution is 0.102. The molecule has 2 rings (SSSR count). The third kappa shape index (κ3) is 3.00. The van der Waals surface area contributed by atoms with E-state index in [9.17, 15) is 13.2 Å². The molecule has 0 aliphatic rings. The molecule has 0 atom stereocenters. The van der Waals surface area contributed by atoms with Gasteiger partial charge in [0.25, 0.3) is 5.91 Å². The highest BCUT2D eigenvalue weighted by molar-refractivity contribution is 7.90. The lowest BCUT2D eigenvalue weighted by atomic mass is 10.2. The van der Waals surface area contributed by atoms with Gasteiger partial charge in [0.05, 0.1) is 11.1 Å². The van der Waals surface area contributed by atoms with Gasteiger partial charge in [0.2, 0.25) is 0 Å². The summed E-state index contributed by atoms with van der Waals surface area (Å²) >= 11 is 0. The number of sulfone groups is 1. The molecule has 0 aliphatic carbocycles. The zero-order valence-electron chi connectivity index (χ0n) is 10.4. The van der Waals surface area contributed by atoms with Gasteiger partial charge in [-0.25, -0.2) is 8.42 Å². The number of carbonyl (C=O) groups excluding carboxylic acids is 1. The Hall–Kier alpha value is -2.15. The molecule has 100 valence electrons. The number of benzene rings is 1. The molecule has 6 nitrogen and oxygen atoms in total. The highest BCUT2D eigenvalue weighted by Crippen LogP contribution is 2.15. The van der Waals surface area contributed by atoms with Crippen molar-refractivity contribution in [2.45, 2.75) is 11.8 Å². The minimum Gasteiger partial charge on any atom is -0.361 e. The maximum absolute atomic E-state index is 11.8. The molecule has 0 spiro atoms. The van der Waals surface area contributed by atoms with E-state index in [0.29, 0.717) is 17.0 Å². The van der Waals surface area contributed by atoms with E-state index in [1.54, 1.807) is 6.92 Å². The molecule has 0 saturated heterocycles. The molecule has 0 saturated carbocycles. The molecule has 2 aromatic rings. The third-order valence-electron chi connectivity index (χ3n) is 2.54. The topological polar surface area (TPSA) is 89.3 Å². The Kier molecular flexibility index (Phi) is 3.39. The lowest BCUT2D eigenvalue weighted by Gasteiger charge is -2.04. The second-order valence-electron chi connectivity index (χ2n) is 4.05. The molecule has 7 heteroatoms. The van der Waals surface area contributed by atoms with Gasteiger partial charge in [-0.1, -0.05) is 5.16 Å². The van der Waals surface area contributed by atoms with Crippen LogP contribution in [0.4, 0.5) is 5.69 Å². The maximum atomic E-state index is 11.8. The number of nitrogens with one attached hydrogen (secondary N) is 1. The first kappa shape index (κ1) is 13.3. The summed E-state index contributed by atoms with van der Waals surface area (Å²) in [4.78, 5) is 12.0. The average molecular weight is 280 g/mol. The molecule has 0 radical (unpaired) electrons. The van der Waals surface area contributed by atoms with Crippen molar-refractivity contribution in [2.24, 2.45) is 0 Å². The van der Waals surface area contributed by atoms with Crippen LogP contribution in [-0.4, -0.2) is 25.7 Å². The Morgan fingerprint density at radius 3 is 2.37 bits per heavy atom. The van der Waals surface area contributed by atoms with E-state index >= 15 is 0 Å². The molecule has 0 aliphatic heterocycles. The smallest absolute Gasteiger partial charge is 0.260 e. The second kappa shape index (κ2) is 4.85. The molecule has 1 heterocycles. The number of rotatable bonds is 3. The normalized spacial score (nSPS) is 11.3. The summed E-state index contributed by atoms with van der Waals surface area (Å²) in [5.74, 6) is 0.0658. The van der Waals surface area contributed by atoms with Gasteiger partial charge in [-0.3, -0.25) is 4.79 Å². The van der Waals surface area contributed by atoms with Crippen LogP contribution in [0.5, 0.6) is 0 Å². The Morgan fingerprint density at radius 1 is 1.26 bits per heavy atom. The van der Waals surface area contributed by atoms with Gasteiger partial charge < -0.3 is 9.84 Å². The van der Waals surface area contributed by atoms with Gasteiger partial charge in [0, 0.05) is 11.9 Å². The molecular formula is C12H12N2O4S. The van der Waals surface area contributed by atoms with E-state index in [2.05, 4.69) is 10.5 Å². The molecule has 0 unspecified atom stereocenters. The molecule has 0 fully saturated rings. The van der Waals surface area contributed by atoms with Crippen molar-refractivity contribution < 1.29 is 17.7 Å². The Bertz CT molecular complexity index is 702. The number of carbonyl (C=O) groups is 1. The molecule has 1 N–H and O–H groups in total. The average Bonchev–Trinajstić information content (AvgIpc) is 2.75. The van der Waals surface area contributed by atoms with Crippen LogP contribution < -0.4 is 5.32 Å². The quantitative estimate of drug-likeness (QED) is 0.923. The molecule has 1 aromatic heterocycles. The van der Waals surface area contributed by atoms with Crippen LogP contribution in [0.15, 0.2) is 39.9 Å². The van der Waals surface area contributed by atoms with Crippen molar-refractivity contribution in [3.63, 3.8) is 0 Å². The van der Waals surface area contributed by atoms with Crippen LogP contribution in [0.1, 0.15) is 16.1 Å². The van der Waals surface area contributed by atoms with Crippen LogP contribution in [0.3, 0.4) is 0 Å². The number of anilines is 1. The van der Waals surface area contributed by atoms with Crippen molar-refractivity contribution in [2.75, 3.05) is 11.6 Å². The van der Waals surface area contributed by atoms with Crippen LogP contribution in [0, 0.1) is 6.92 Å². The van der Waals surface area contributed by atoms with Crippen molar-refractivity contribution >= 4 is 21.4 Å². The van der Waals surface area contributed by atoms with Gasteiger partial charge in [0.15, 0.2) is 9.84 Å². The zero-order valence-corrected chi connectivity index (χ0v) is 11.2. The zero-order chi connectivity index (χ0) is 14.0. The highest BCUT2D eigenvalue weighted by atomic mass is 32.2. The summed E-state index contributed by atoms with van der Waals surface area (Å²) in [6.07, 6.45) is 2.45. The van der Waals surface area contributed by atoms with Gasteiger partial charge >= 0.3 is 0 Å². The van der Waals surface area contributed by atoms with E-state index in [0.717, 1.165) is 6.26 Å². The van der Waals surface area contributed by atoms with Gasteiger partial charge in [0.1, 0.15) is 11.3 Å². The number of nitrogens with zero attached hydrogens (tertiary/aromatic N) is 1. The Labute approximate surface area is 110 Å². The lowest BCUT2D eigenvalue weighted by Crippen LogP contribution is -2.12. The van der Waals surface area contributed by atoms with Crippen molar-refractivity contribution in [3.8, 4) is 0 Å². The maximum Gasteiger partial charge on any atom is 0.260 e. The first-order valence-corrected chi connectivity index (χ1v) is 7.30. The minimum absolute atomic E-state index is 0.201. The molecule has 19 heavy (non-hydrogen) atoms. The SMILES string of the molecule is Cc1oncc1C(=O)Nc1ccc(S(C)(=O)=O)cc1. The van der Waals surface area contributed by atoms with Crippen molar-refractivity contribution in [1.82, 2.24) is 5.16 Å². The Balaban J connectivity index is 2.17. The second-order valence-corrected chi connectivity index (χ2v) is 6.06. The highest BCUT2D eigenvalue weighted by Gasteiger charge is 2.13. The minimum atomic E-state index is -3.24. The predicted molar refractivity (Wildman–Crippen MR) is 68.7 cm³/mol. The fraction of sp³-hybridized carbons (Fsp3) is 0.167. The summed E-state index contributed by atoms with van der Waals surface area (Å²) in [5.41, 5.74) is 0.838. The fourth-order valence-electron chi connectivity index (χ4n) is 1.50.